The lowest BCUT2D eigenvalue weighted by molar-refractivity contribution is -0.147. The Morgan fingerprint density at radius 1 is 1.13 bits per heavy atom. The Balaban J connectivity index is 2.61. The molecule has 0 saturated heterocycles. The molecule has 0 spiro atoms. The van der Waals surface area contributed by atoms with Crippen molar-refractivity contribution in [3.63, 3.8) is 0 Å². The highest BCUT2D eigenvalue weighted by Crippen LogP contribution is 2.40. The zero-order valence-corrected chi connectivity index (χ0v) is 14.3. The molecule has 0 aliphatic carbocycles. The van der Waals surface area contributed by atoms with Crippen molar-refractivity contribution in [2.45, 2.75) is 25.8 Å². The van der Waals surface area contributed by atoms with Crippen LogP contribution in [-0.4, -0.2) is 32.2 Å². The number of carbonyl (C=O) groups is 2. The van der Waals surface area contributed by atoms with Crippen molar-refractivity contribution in [1.29, 1.82) is 0 Å². The first-order valence-electron chi connectivity index (χ1n) is 7.29. The Labute approximate surface area is 140 Å². The number of benzene rings is 1. The van der Waals surface area contributed by atoms with Gasteiger partial charge in [0.05, 0.1) is 25.7 Å². The molecule has 1 aromatic rings. The van der Waals surface area contributed by atoms with Crippen molar-refractivity contribution < 1.29 is 19.1 Å². The summed E-state index contributed by atoms with van der Waals surface area (Å²) in [5.74, 6) is -1.84. The van der Waals surface area contributed by atoms with Crippen LogP contribution in [-0.2, 0) is 19.1 Å². The molecule has 23 heavy (non-hydrogen) atoms. The van der Waals surface area contributed by atoms with Crippen LogP contribution in [0.1, 0.15) is 25.3 Å². The van der Waals surface area contributed by atoms with Gasteiger partial charge in [-0.25, -0.2) is 4.79 Å². The number of nitrogens with one attached hydrogen (secondary N) is 1. The highest BCUT2D eigenvalue weighted by molar-refractivity contribution is 6.30. The van der Waals surface area contributed by atoms with Gasteiger partial charge in [0.1, 0.15) is 0 Å². The van der Waals surface area contributed by atoms with Gasteiger partial charge in [0.15, 0.2) is 0 Å². The van der Waals surface area contributed by atoms with Gasteiger partial charge in [-0.2, -0.15) is 0 Å². The molecule has 0 fully saturated rings. The van der Waals surface area contributed by atoms with Crippen molar-refractivity contribution in [2.75, 3.05) is 14.2 Å². The van der Waals surface area contributed by atoms with E-state index in [0.717, 1.165) is 5.56 Å². The number of ether oxygens (including phenoxy) is 2. The van der Waals surface area contributed by atoms with Crippen LogP contribution in [0, 0.1) is 5.92 Å². The summed E-state index contributed by atoms with van der Waals surface area (Å²) in [7, 11) is 2.67. The first kappa shape index (κ1) is 17.3. The lowest BCUT2D eigenvalue weighted by Crippen LogP contribution is -2.47. The molecule has 0 radical (unpaired) electrons. The molecule has 6 heteroatoms. The SMILES string of the molecule is COC(=O)C1=C(C)NC(C)C(C(=O)OC)C1c1ccc(Cl)cc1. The van der Waals surface area contributed by atoms with Crippen molar-refractivity contribution in [3.05, 3.63) is 46.1 Å². The highest BCUT2D eigenvalue weighted by Gasteiger charge is 2.44. The second kappa shape index (κ2) is 7.04. The van der Waals surface area contributed by atoms with Crippen LogP contribution in [0.15, 0.2) is 35.5 Å². The van der Waals surface area contributed by atoms with E-state index < -0.39 is 17.8 Å². The third-order valence-corrected chi connectivity index (χ3v) is 4.42. The summed E-state index contributed by atoms with van der Waals surface area (Å²) >= 11 is 5.95. The van der Waals surface area contributed by atoms with Crippen molar-refractivity contribution in [3.8, 4) is 0 Å². The smallest absolute Gasteiger partial charge is 0.336 e. The Morgan fingerprint density at radius 2 is 1.74 bits per heavy atom. The molecule has 1 aliphatic heterocycles. The molecule has 1 aromatic carbocycles. The molecule has 1 aliphatic rings. The second-order valence-electron chi connectivity index (χ2n) is 5.54. The van der Waals surface area contributed by atoms with Crippen LogP contribution in [0.5, 0.6) is 0 Å². The monoisotopic (exact) mass is 337 g/mol. The standard InChI is InChI=1S/C17H20ClNO4/c1-9-13(16(20)22-3)15(11-5-7-12(18)8-6-11)14(10(2)19-9)17(21)23-4/h5-9,13,15,19H,1-4H3. The summed E-state index contributed by atoms with van der Waals surface area (Å²) in [4.78, 5) is 24.6. The molecule has 0 amide bonds. The minimum Gasteiger partial charge on any atom is -0.469 e. The topological polar surface area (TPSA) is 64.6 Å². The summed E-state index contributed by atoms with van der Waals surface area (Å²) in [5.41, 5.74) is 1.95. The predicted molar refractivity (Wildman–Crippen MR) is 87.0 cm³/mol. The highest BCUT2D eigenvalue weighted by atomic mass is 35.5. The van der Waals surface area contributed by atoms with Gasteiger partial charge in [-0.1, -0.05) is 23.7 Å². The number of esters is 2. The molecule has 3 atom stereocenters. The number of hydrogen-bond donors (Lipinski definition) is 1. The van der Waals surface area contributed by atoms with Gasteiger partial charge in [0.2, 0.25) is 0 Å². The van der Waals surface area contributed by atoms with Crippen LogP contribution in [0.2, 0.25) is 5.02 Å². The van der Waals surface area contributed by atoms with Crippen LogP contribution >= 0.6 is 11.6 Å². The normalized spacial score (nSPS) is 24.0. The van der Waals surface area contributed by atoms with Gasteiger partial charge in [-0.05, 0) is 31.5 Å². The van der Waals surface area contributed by atoms with Gasteiger partial charge in [-0.15, -0.1) is 0 Å². The Hall–Kier alpha value is -2.01. The van der Waals surface area contributed by atoms with Gasteiger partial charge in [-0.3, -0.25) is 4.79 Å². The van der Waals surface area contributed by atoms with Gasteiger partial charge in [0, 0.05) is 22.7 Å². The predicted octanol–water partition coefficient (Wildman–Crippen LogP) is 2.65. The summed E-state index contributed by atoms with van der Waals surface area (Å²) in [6.07, 6.45) is 0. The molecule has 1 N–H and O–H groups in total. The molecular formula is C17H20ClNO4. The summed E-state index contributed by atoms with van der Waals surface area (Å²) in [6, 6.07) is 6.93. The Morgan fingerprint density at radius 3 is 2.26 bits per heavy atom. The first-order chi connectivity index (χ1) is 10.9. The number of rotatable bonds is 3. The van der Waals surface area contributed by atoms with E-state index in [4.69, 9.17) is 21.1 Å². The average Bonchev–Trinajstić information content (AvgIpc) is 2.53. The zero-order valence-electron chi connectivity index (χ0n) is 13.6. The Kier molecular flexibility index (Phi) is 5.31. The van der Waals surface area contributed by atoms with Crippen LogP contribution in [0.4, 0.5) is 0 Å². The molecule has 0 saturated carbocycles. The summed E-state index contributed by atoms with van der Waals surface area (Å²) < 4.78 is 9.87. The molecule has 0 bridgehead atoms. The summed E-state index contributed by atoms with van der Waals surface area (Å²) in [6.45, 7) is 3.70. The van der Waals surface area contributed by atoms with Crippen molar-refractivity contribution >= 4 is 23.5 Å². The van der Waals surface area contributed by atoms with E-state index in [-0.39, 0.29) is 12.0 Å². The van der Waals surface area contributed by atoms with Crippen LogP contribution < -0.4 is 5.32 Å². The maximum absolute atomic E-state index is 12.3. The maximum Gasteiger partial charge on any atom is 0.336 e. The minimum absolute atomic E-state index is 0.184. The van der Waals surface area contributed by atoms with Crippen LogP contribution in [0.3, 0.4) is 0 Å². The van der Waals surface area contributed by atoms with E-state index in [0.29, 0.717) is 16.3 Å². The average molecular weight is 338 g/mol. The number of methoxy groups -OCH3 is 2. The first-order valence-corrected chi connectivity index (χ1v) is 7.67. The third kappa shape index (κ3) is 3.34. The van der Waals surface area contributed by atoms with E-state index in [1.165, 1.54) is 14.2 Å². The van der Waals surface area contributed by atoms with E-state index >= 15 is 0 Å². The van der Waals surface area contributed by atoms with Crippen molar-refractivity contribution in [2.24, 2.45) is 5.92 Å². The summed E-state index contributed by atoms with van der Waals surface area (Å²) in [5, 5.41) is 3.76. The minimum atomic E-state index is -0.543. The number of carbonyl (C=O) groups excluding carboxylic acids is 2. The van der Waals surface area contributed by atoms with Crippen LogP contribution in [0.25, 0.3) is 0 Å². The quantitative estimate of drug-likeness (QED) is 0.859. The zero-order chi connectivity index (χ0) is 17.1. The maximum atomic E-state index is 12.3. The molecule has 2 rings (SSSR count). The molecule has 3 unspecified atom stereocenters. The van der Waals surface area contributed by atoms with E-state index in [9.17, 15) is 9.59 Å². The number of hydrogen-bond acceptors (Lipinski definition) is 5. The van der Waals surface area contributed by atoms with Gasteiger partial charge >= 0.3 is 11.9 Å². The van der Waals surface area contributed by atoms with Crippen molar-refractivity contribution in [1.82, 2.24) is 5.32 Å². The van der Waals surface area contributed by atoms with E-state index in [1.54, 1.807) is 19.1 Å². The van der Waals surface area contributed by atoms with Gasteiger partial charge in [0.25, 0.3) is 0 Å². The van der Waals surface area contributed by atoms with Gasteiger partial charge < -0.3 is 14.8 Å². The second-order valence-corrected chi connectivity index (χ2v) is 5.98. The molecule has 0 aromatic heterocycles. The van der Waals surface area contributed by atoms with E-state index in [2.05, 4.69) is 5.32 Å². The molecule has 1 heterocycles. The lowest BCUT2D eigenvalue weighted by atomic mass is 9.74. The fourth-order valence-electron chi connectivity index (χ4n) is 3.12. The largest absolute Gasteiger partial charge is 0.469 e. The lowest BCUT2D eigenvalue weighted by Gasteiger charge is -2.37. The number of allylic oxidation sites excluding steroid dienone is 1. The Bertz CT molecular complexity index is 638. The molecule has 124 valence electrons. The third-order valence-electron chi connectivity index (χ3n) is 4.16. The fraction of sp³-hybridized carbons (Fsp3) is 0.412. The molecular weight excluding hydrogens is 318 g/mol. The molecule has 5 nitrogen and oxygen atoms in total. The van der Waals surface area contributed by atoms with E-state index in [1.807, 2.05) is 19.1 Å². The fourth-order valence-corrected chi connectivity index (χ4v) is 3.25. The number of halogens is 1.